The SMILES string of the molecule is O=C(NC1(CCc2ccc(NC(=O)C3CC3)nc2)CCCCC1)c1ccccn1. The standard InChI is InChI=1S/C23H28N4O2/c28-21(18-8-9-18)26-20-10-7-17(16-25-20)11-14-23(12-3-1-4-13-23)27-22(29)19-6-2-5-15-24-19/h2,5-7,10,15-16,18H,1,3-4,8-9,11-14H2,(H,27,29)(H,25,26,28). The van der Waals surface area contributed by atoms with Crippen LogP contribution >= 0.6 is 0 Å². The largest absolute Gasteiger partial charge is 0.345 e. The summed E-state index contributed by atoms with van der Waals surface area (Å²) in [6, 6.07) is 9.30. The number of hydrogen-bond donors (Lipinski definition) is 2. The normalized spacial score (nSPS) is 18.1. The monoisotopic (exact) mass is 392 g/mol. The molecule has 0 radical (unpaired) electrons. The van der Waals surface area contributed by atoms with E-state index in [0.29, 0.717) is 11.5 Å². The van der Waals surface area contributed by atoms with Crippen LogP contribution in [0.25, 0.3) is 0 Å². The Morgan fingerprint density at radius 2 is 1.86 bits per heavy atom. The van der Waals surface area contributed by atoms with Crippen molar-refractivity contribution < 1.29 is 9.59 Å². The summed E-state index contributed by atoms with van der Waals surface area (Å²) in [6.45, 7) is 0. The third kappa shape index (κ3) is 5.19. The van der Waals surface area contributed by atoms with E-state index in [2.05, 4.69) is 20.6 Å². The average Bonchev–Trinajstić information content (AvgIpc) is 3.60. The first-order chi connectivity index (χ1) is 14.1. The Bertz CT molecular complexity index is 841. The summed E-state index contributed by atoms with van der Waals surface area (Å²) in [5.74, 6) is 0.763. The van der Waals surface area contributed by atoms with Crippen LogP contribution in [0.2, 0.25) is 0 Å². The van der Waals surface area contributed by atoms with Gasteiger partial charge in [-0.25, -0.2) is 4.98 Å². The van der Waals surface area contributed by atoms with Gasteiger partial charge in [-0.15, -0.1) is 0 Å². The van der Waals surface area contributed by atoms with Crippen molar-refractivity contribution in [2.45, 2.75) is 63.3 Å². The second kappa shape index (κ2) is 8.72. The molecule has 2 heterocycles. The van der Waals surface area contributed by atoms with Crippen LogP contribution in [0.5, 0.6) is 0 Å². The molecule has 0 unspecified atom stereocenters. The number of pyridine rings is 2. The quantitative estimate of drug-likeness (QED) is 0.749. The lowest BCUT2D eigenvalue weighted by molar-refractivity contribution is -0.117. The van der Waals surface area contributed by atoms with Gasteiger partial charge in [0.2, 0.25) is 5.91 Å². The Morgan fingerprint density at radius 3 is 2.52 bits per heavy atom. The molecule has 0 saturated heterocycles. The van der Waals surface area contributed by atoms with Gasteiger partial charge in [0.25, 0.3) is 5.91 Å². The first-order valence-electron chi connectivity index (χ1n) is 10.6. The minimum absolute atomic E-state index is 0.0728. The van der Waals surface area contributed by atoms with Gasteiger partial charge in [-0.3, -0.25) is 14.6 Å². The van der Waals surface area contributed by atoms with Gasteiger partial charge in [0.15, 0.2) is 0 Å². The van der Waals surface area contributed by atoms with E-state index in [1.165, 1.54) is 6.42 Å². The van der Waals surface area contributed by atoms with Crippen LogP contribution in [-0.2, 0) is 11.2 Å². The molecule has 2 aliphatic carbocycles. The Labute approximate surface area is 171 Å². The van der Waals surface area contributed by atoms with Crippen LogP contribution < -0.4 is 10.6 Å². The zero-order valence-corrected chi connectivity index (χ0v) is 16.7. The molecule has 2 N–H and O–H groups in total. The van der Waals surface area contributed by atoms with Crippen LogP contribution in [0.4, 0.5) is 5.82 Å². The van der Waals surface area contributed by atoms with Crippen LogP contribution in [0.1, 0.15) is 67.4 Å². The number of carbonyl (C=O) groups is 2. The van der Waals surface area contributed by atoms with Crippen LogP contribution in [0, 0.1) is 5.92 Å². The van der Waals surface area contributed by atoms with E-state index in [1.807, 2.05) is 30.5 Å². The molecule has 0 bridgehead atoms. The lowest BCUT2D eigenvalue weighted by Crippen LogP contribution is -2.50. The molecule has 2 fully saturated rings. The summed E-state index contributed by atoms with van der Waals surface area (Å²) in [7, 11) is 0. The number of nitrogens with zero attached hydrogens (tertiary/aromatic N) is 2. The van der Waals surface area contributed by atoms with Crippen molar-refractivity contribution in [1.82, 2.24) is 15.3 Å². The maximum Gasteiger partial charge on any atom is 0.270 e. The molecule has 0 aromatic carbocycles. The molecule has 152 valence electrons. The number of nitrogens with one attached hydrogen (secondary N) is 2. The Kier molecular flexibility index (Phi) is 5.88. The first kappa shape index (κ1) is 19.6. The van der Waals surface area contributed by atoms with Crippen LogP contribution in [-0.4, -0.2) is 27.3 Å². The molecule has 2 aliphatic rings. The number of aromatic nitrogens is 2. The zero-order chi connectivity index (χ0) is 20.1. The van der Waals surface area contributed by atoms with E-state index >= 15 is 0 Å². The van der Waals surface area contributed by atoms with Crippen molar-refractivity contribution in [2.75, 3.05) is 5.32 Å². The number of hydrogen-bond acceptors (Lipinski definition) is 4. The molecular formula is C23H28N4O2. The highest BCUT2D eigenvalue weighted by Crippen LogP contribution is 2.33. The van der Waals surface area contributed by atoms with Gasteiger partial charge in [0.1, 0.15) is 11.5 Å². The molecule has 2 amide bonds. The third-order valence-electron chi connectivity index (χ3n) is 6.00. The predicted octanol–water partition coefficient (Wildman–Crippen LogP) is 3.89. The van der Waals surface area contributed by atoms with Crippen molar-refractivity contribution in [3.05, 3.63) is 54.0 Å². The van der Waals surface area contributed by atoms with Crippen molar-refractivity contribution >= 4 is 17.6 Å². The van der Waals surface area contributed by atoms with Gasteiger partial charge >= 0.3 is 0 Å². The molecular weight excluding hydrogens is 364 g/mol. The highest BCUT2D eigenvalue weighted by Gasteiger charge is 2.34. The van der Waals surface area contributed by atoms with Gasteiger partial charge < -0.3 is 10.6 Å². The Hall–Kier alpha value is -2.76. The summed E-state index contributed by atoms with van der Waals surface area (Å²) in [6.07, 6.45) is 12.6. The van der Waals surface area contributed by atoms with E-state index < -0.39 is 0 Å². The summed E-state index contributed by atoms with van der Waals surface area (Å²) < 4.78 is 0. The number of rotatable bonds is 7. The van der Waals surface area contributed by atoms with E-state index in [4.69, 9.17) is 0 Å². The highest BCUT2D eigenvalue weighted by molar-refractivity contribution is 5.93. The van der Waals surface area contributed by atoms with Crippen molar-refractivity contribution in [2.24, 2.45) is 5.92 Å². The fourth-order valence-electron chi connectivity index (χ4n) is 4.07. The molecule has 2 saturated carbocycles. The van der Waals surface area contributed by atoms with Gasteiger partial charge in [0.05, 0.1) is 0 Å². The van der Waals surface area contributed by atoms with Crippen molar-refractivity contribution in [3.63, 3.8) is 0 Å². The topological polar surface area (TPSA) is 84.0 Å². The lowest BCUT2D eigenvalue weighted by Gasteiger charge is -2.38. The molecule has 0 spiro atoms. The summed E-state index contributed by atoms with van der Waals surface area (Å²) in [5, 5.41) is 6.17. The van der Waals surface area contributed by atoms with Gasteiger partial charge in [-0.05, 0) is 62.3 Å². The fourth-order valence-corrected chi connectivity index (χ4v) is 4.07. The molecule has 2 aromatic heterocycles. The molecule has 6 heteroatoms. The zero-order valence-electron chi connectivity index (χ0n) is 16.7. The maximum absolute atomic E-state index is 12.7. The maximum atomic E-state index is 12.7. The Balaban J connectivity index is 1.37. The summed E-state index contributed by atoms with van der Waals surface area (Å²) >= 11 is 0. The Morgan fingerprint density at radius 1 is 1.03 bits per heavy atom. The fraction of sp³-hybridized carbons (Fsp3) is 0.478. The summed E-state index contributed by atoms with van der Waals surface area (Å²) in [5.41, 5.74) is 1.40. The molecule has 4 rings (SSSR count). The molecule has 2 aromatic rings. The van der Waals surface area contributed by atoms with Crippen LogP contribution in [0.15, 0.2) is 42.7 Å². The second-order valence-corrected chi connectivity index (χ2v) is 8.33. The van der Waals surface area contributed by atoms with E-state index in [-0.39, 0.29) is 23.3 Å². The third-order valence-corrected chi connectivity index (χ3v) is 6.00. The minimum atomic E-state index is -0.189. The molecule has 0 atom stereocenters. The highest BCUT2D eigenvalue weighted by atomic mass is 16.2. The predicted molar refractivity (Wildman–Crippen MR) is 111 cm³/mol. The van der Waals surface area contributed by atoms with E-state index in [9.17, 15) is 9.59 Å². The van der Waals surface area contributed by atoms with E-state index in [0.717, 1.165) is 56.9 Å². The van der Waals surface area contributed by atoms with Crippen molar-refractivity contribution in [1.29, 1.82) is 0 Å². The molecule has 29 heavy (non-hydrogen) atoms. The minimum Gasteiger partial charge on any atom is -0.345 e. The van der Waals surface area contributed by atoms with Gasteiger partial charge in [0, 0.05) is 23.9 Å². The second-order valence-electron chi connectivity index (χ2n) is 8.33. The van der Waals surface area contributed by atoms with Gasteiger partial charge in [-0.2, -0.15) is 0 Å². The number of amides is 2. The smallest absolute Gasteiger partial charge is 0.270 e. The molecule has 6 nitrogen and oxygen atoms in total. The summed E-state index contributed by atoms with van der Waals surface area (Å²) in [4.78, 5) is 33.1. The number of aryl methyl sites for hydroxylation is 1. The number of anilines is 1. The molecule has 0 aliphatic heterocycles. The van der Waals surface area contributed by atoms with E-state index in [1.54, 1.807) is 12.3 Å². The lowest BCUT2D eigenvalue weighted by atomic mass is 9.77. The van der Waals surface area contributed by atoms with Crippen molar-refractivity contribution in [3.8, 4) is 0 Å². The average molecular weight is 393 g/mol. The first-order valence-corrected chi connectivity index (χ1v) is 10.6. The number of carbonyl (C=O) groups excluding carboxylic acids is 2. The van der Waals surface area contributed by atoms with Gasteiger partial charge in [-0.1, -0.05) is 31.4 Å². The van der Waals surface area contributed by atoms with Crippen LogP contribution in [0.3, 0.4) is 0 Å².